The molecule has 0 spiro atoms. The minimum Gasteiger partial charge on any atom is -0.330 e. The maximum absolute atomic E-state index is 11.2. The molecule has 0 aliphatic rings. The van der Waals surface area contributed by atoms with Gasteiger partial charge in [0.15, 0.2) is 4.34 Å². The van der Waals surface area contributed by atoms with Gasteiger partial charge < -0.3 is 10.6 Å². The zero-order valence-corrected chi connectivity index (χ0v) is 19.0. The first-order valence-corrected chi connectivity index (χ1v) is 11.9. The third kappa shape index (κ3) is 5.37. The molecule has 0 unspecified atom stereocenters. The van der Waals surface area contributed by atoms with Crippen molar-refractivity contribution in [3.8, 4) is 10.6 Å². The number of nitrogens with zero attached hydrogens (tertiary/aromatic N) is 3. The number of nitrogens with one attached hydrogen (secondary N) is 2. The molecule has 4 rings (SSSR count). The maximum atomic E-state index is 11.2. The predicted molar refractivity (Wildman–Crippen MR) is 126 cm³/mol. The third-order valence-corrected chi connectivity index (χ3v) is 7.10. The number of hydrogen-bond donors (Lipinski definition) is 2. The van der Waals surface area contributed by atoms with E-state index in [0.29, 0.717) is 15.9 Å². The van der Waals surface area contributed by atoms with Gasteiger partial charge in [-0.3, -0.25) is 4.79 Å². The summed E-state index contributed by atoms with van der Waals surface area (Å²) in [4.78, 5) is 15.9. The van der Waals surface area contributed by atoms with Gasteiger partial charge in [0.05, 0.1) is 10.7 Å². The molecule has 2 aromatic carbocycles. The lowest BCUT2D eigenvalue weighted by molar-refractivity contribution is -0.114. The van der Waals surface area contributed by atoms with Crippen LogP contribution < -0.4 is 10.6 Å². The molecule has 10 heteroatoms. The van der Waals surface area contributed by atoms with Gasteiger partial charge in [0, 0.05) is 35.0 Å². The first kappa shape index (κ1) is 20.8. The number of rotatable bonds is 7. The van der Waals surface area contributed by atoms with E-state index in [2.05, 4.69) is 25.8 Å². The van der Waals surface area contributed by atoms with Crippen LogP contribution in [0.1, 0.15) is 12.6 Å². The molecule has 0 atom stereocenters. The van der Waals surface area contributed by atoms with Crippen LogP contribution in [-0.4, -0.2) is 21.1 Å². The summed E-state index contributed by atoms with van der Waals surface area (Å²) in [5.41, 5.74) is 3.49. The van der Waals surface area contributed by atoms with Gasteiger partial charge in [-0.25, -0.2) is 4.98 Å². The van der Waals surface area contributed by atoms with E-state index < -0.39 is 0 Å². The molecule has 4 aromatic rings. The zero-order valence-electron chi connectivity index (χ0n) is 15.8. The number of anilines is 3. The van der Waals surface area contributed by atoms with Crippen LogP contribution in [0.5, 0.6) is 0 Å². The molecule has 1 amide bonds. The Morgan fingerprint density at radius 3 is 2.80 bits per heavy atom. The lowest BCUT2D eigenvalue weighted by atomic mass is 10.2. The Morgan fingerprint density at radius 1 is 1.13 bits per heavy atom. The fraction of sp³-hybridized carbons (Fsp3) is 0.100. The van der Waals surface area contributed by atoms with Gasteiger partial charge in [-0.2, -0.15) is 0 Å². The molecule has 0 bridgehead atoms. The second-order valence-corrected chi connectivity index (χ2v) is 9.64. The molecule has 0 saturated carbocycles. The summed E-state index contributed by atoms with van der Waals surface area (Å²) in [7, 11) is 0. The van der Waals surface area contributed by atoms with Gasteiger partial charge in [-0.05, 0) is 24.3 Å². The number of thiazole rings is 1. The average Bonchev–Trinajstić information content (AvgIpc) is 3.36. The summed E-state index contributed by atoms with van der Waals surface area (Å²) in [6.07, 6.45) is 0. The van der Waals surface area contributed by atoms with Crippen LogP contribution in [0.2, 0.25) is 5.02 Å². The van der Waals surface area contributed by atoms with E-state index in [1.807, 2.05) is 53.9 Å². The number of thioether (sulfide) groups is 1. The molecule has 2 aromatic heterocycles. The predicted octanol–water partition coefficient (Wildman–Crippen LogP) is 6.31. The van der Waals surface area contributed by atoms with Crippen LogP contribution in [0.15, 0.2) is 58.3 Å². The van der Waals surface area contributed by atoms with Crippen LogP contribution in [0.3, 0.4) is 0 Å². The van der Waals surface area contributed by atoms with Gasteiger partial charge in [-0.1, -0.05) is 59.0 Å². The van der Waals surface area contributed by atoms with Crippen LogP contribution in [0, 0.1) is 0 Å². The summed E-state index contributed by atoms with van der Waals surface area (Å²) in [5.74, 6) is 0.592. The van der Waals surface area contributed by atoms with Crippen molar-refractivity contribution >= 4 is 68.4 Å². The Balaban J connectivity index is 1.36. The van der Waals surface area contributed by atoms with Gasteiger partial charge in [-0.15, -0.1) is 21.5 Å². The Kier molecular flexibility index (Phi) is 6.63. The number of hydrogen-bond acceptors (Lipinski definition) is 8. The van der Waals surface area contributed by atoms with E-state index >= 15 is 0 Å². The van der Waals surface area contributed by atoms with Crippen LogP contribution in [-0.2, 0) is 10.5 Å². The van der Waals surface area contributed by atoms with Crippen molar-refractivity contribution in [1.82, 2.24) is 15.2 Å². The smallest absolute Gasteiger partial charge is 0.221 e. The minimum absolute atomic E-state index is 0.110. The number of aromatic nitrogens is 3. The summed E-state index contributed by atoms with van der Waals surface area (Å²) in [5, 5.41) is 18.7. The number of carbonyl (C=O) groups is 1. The van der Waals surface area contributed by atoms with E-state index in [4.69, 9.17) is 11.6 Å². The van der Waals surface area contributed by atoms with Gasteiger partial charge in [0.25, 0.3) is 0 Å². The van der Waals surface area contributed by atoms with Crippen molar-refractivity contribution in [3.63, 3.8) is 0 Å². The molecule has 30 heavy (non-hydrogen) atoms. The largest absolute Gasteiger partial charge is 0.330 e. The van der Waals surface area contributed by atoms with Crippen LogP contribution in [0.4, 0.5) is 16.5 Å². The van der Waals surface area contributed by atoms with E-state index in [1.165, 1.54) is 18.3 Å². The number of halogens is 1. The standard InChI is InChI=1S/C20H16ClN5OS3/c1-12(27)22-13-5-4-6-14(9-13)24-19-25-26-20(30-19)29-11-15-10-28-18(23-15)16-7-2-3-8-17(16)21/h2-10H,11H2,1H3,(H,22,27)(H,24,25). The molecule has 6 nitrogen and oxygen atoms in total. The average molecular weight is 474 g/mol. The lowest BCUT2D eigenvalue weighted by Crippen LogP contribution is -2.05. The number of benzene rings is 2. The van der Waals surface area contributed by atoms with Crippen molar-refractivity contribution in [1.29, 1.82) is 0 Å². The SMILES string of the molecule is CC(=O)Nc1cccc(Nc2nnc(SCc3csc(-c4ccccc4Cl)n3)s2)c1. The van der Waals surface area contributed by atoms with Crippen molar-refractivity contribution in [2.75, 3.05) is 10.6 Å². The number of amides is 1. The Bertz CT molecular complexity index is 1180. The summed E-state index contributed by atoms with van der Waals surface area (Å²) < 4.78 is 0.850. The highest BCUT2D eigenvalue weighted by atomic mass is 35.5. The first-order valence-electron chi connectivity index (χ1n) is 8.87. The van der Waals surface area contributed by atoms with Crippen LogP contribution in [0.25, 0.3) is 10.6 Å². The highest BCUT2D eigenvalue weighted by molar-refractivity contribution is 8.00. The van der Waals surface area contributed by atoms with E-state index in [-0.39, 0.29) is 5.91 Å². The zero-order chi connectivity index (χ0) is 20.9. The van der Waals surface area contributed by atoms with Gasteiger partial charge in [0.1, 0.15) is 5.01 Å². The van der Waals surface area contributed by atoms with Gasteiger partial charge >= 0.3 is 0 Å². The normalized spacial score (nSPS) is 10.7. The van der Waals surface area contributed by atoms with Crippen molar-refractivity contribution in [3.05, 3.63) is 64.6 Å². The second kappa shape index (κ2) is 9.57. The molecule has 0 aliphatic carbocycles. The third-order valence-electron chi connectivity index (χ3n) is 3.84. The maximum Gasteiger partial charge on any atom is 0.221 e. The minimum atomic E-state index is -0.110. The summed E-state index contributed by atoms with van der Waals surface area (Å²) in [6.45, 7) is 1.48. The van der Waals surface area contributed by atoms with Crippen molar-refractivity contribution < 1.29 is 4.79 Å². The highest BCUT2D eigenvalue weighted by Crippen LogP contribution is 2.33. The highest BCUT2D eigenvalue weighted by Gasteiger charge is 2.10. The topological polar surface area (TPSA) is 79.8 Å². The first-order chi connectivity index (χ1) is 14.6. The van der Waals surface area contributed by atoms with Crippen molar-refractivity contribution in [2.45, 2.75) is 17.0 Å². The lowest BCUT2D eigenvalue weighted by Gasteiger charge is -2.05. The molecule has 0 saturated heterocycles. The summed E-state index contributed by atoms with van der Waals surface area (Å²) in [6, 6.07) is 15.2. The Morgan fingerprint density at radius 2 is 1.97 bits per heavy atom. The monoisotopic (exact) mass is 473 g/mol. The van der Waals surface area contributed by atoms with Gasteiger partial charge in [0.2, 0.25) is 11.0 Å². The Hall–Kier alpha value is -2.46. The molecule has 0 fully saturated rings. The molecule has 0 radical (unpaired) electrons. The Labute approximate surface area is 190 Å². The molecular weight excluding hydrogens is 458 g/mol. The fourth-order valence-electron chi connectivity index (χ4n) is 2.59. The molecule has 152 valence electrons. The number of carbonyl (C=O) groups excluding carboxylic acids is 1. The van der Waals surface area contributed by atoms with E-state index in [0.717, 1.165) is 32.0 Å². The molecule has 0 aliphatic heterocycles. The van der Waals surface area contributed by atoms with E-state index in [1.54, 1.807) is 23.1 Å². The quantitative estimate of drug-likeness (QED) is 0.306. The van der Waals surface area contributed by atoms with E-state index in [9.17, 15) is 4.79 Å². The molecular formula is C20H16ClN5OS3. The molecule has 2 N–H and O–H groups in total. The fourth-order valence-corrected chi connectivity index (χ4v) is 5.50. The summed E-state index contributed by atoms with van der Waals surface area (Å²) >= 11 is 10.9. The second-order valence-electron chi connectivity index (χ2n) is 6.17. The molecule has 2 heterocycles. The van der Waals surface area contributed by atoms with Crippen LogP contribution >= 0.6 is 46.0 Å². The van der Waals surface area contributed by atoms with Crippen molar-refractivity contribution in [2.24, 2.45) is 0 Å².